The Bertz CT molecular complexity index is 347. The largest absolute Gasteiger partial charge is 0.393 e. The maximum absolute atomic E-state index is 11.7. The Morgan fingerprint density at radius 1 is 1.50 bits per heavy atom. The highest BCUT2D eigenvalue weighted by atomic mass is 16.6. The van der Waals surface area contributed by atoms with E-state index in [9.17, 15) is 4.79 Å². The summed E-state index contributed by atoms with van der Waals surface area (Å²) in [4.78, 5) is 11.7. The third-order valence-electron chi connectivity index (χ3n) is 2.49. The average Bonchev–Trinajstić information content (AvgIpc) is 2.92. The number of aliphatic hydroxyl groups is 1. The molecule has 14 heavy (non-hydrogen) atoms. The number of hydrogen-bond donors (Lipinski definition) is 1. The number of epoxide rings is 1. The van der Waals surface area contributed by atoms with Crippen LogP contribution in [0.3, 0.4) is 0 Å². The molecule has 3 nitrogen and oxygen atoms in total. The van der Waals surface area contributed by atoms with Gasteiger partial charge in [0.25, 0.3) is 0 Å². The van der Waals surface area contributed by atoms with Gasteiger partial charge in [-0.3, -0.25) is 4.79 Å². The van der Waals surface area contributed by atoms with Crippen molar-refractivity contribution < 1.29 is 14.6 Å². The molecule has 0 saturated carbocycles. The van der Waals surface area contributed by atoms with Crippen LogP contribution in [0, 0.1) is 0 Å². The normalized spacial score (nSPS) is 30.0. The van der Waals surface area contributed by atoms with Gasteiger partial charge in [-0.1, -0.05) is 30.3 Å². The summed E-state index contributed by atoms with van der Waals surface area (Å²) < 4.78 is 5.17. The highest BCUT2D eigenvalue weighted by molar-refractivity contribution is 6.01. The fraction of sp³-hybridized carbons (Fsp3) is 0.364. The third kappa shape index (κ3) is 1.45. The molecule has 2 atom stereocenters. The molecule has 1 N–H and O–H groups in total. The van der Waals surface area contributed by atoms with Crippen molar-refractivity contribution in [2.75, 3.05) is 6.61 Å². The minimum atomic E-state index is -0.660. The van der Waals surface area contributed by atoms with Crippen LogP contribution in [0.5, 0.6) is 0 Å². The number of carbonyl (C=O) groups is 1. The molecule has 1 aliphatic rings. The number of rotatable bonds is 3. The molecule has 0 aromatic heterocycles. The van der Waals surface area contributed by atoms with Crippen molar-refractivity contribution in [1.82, 2.24) is 0 Å². The SMILES string of the molecule is CC1(CO)OC1C(=O)c1ccccc1. The molecule has 1 aromatic carbocycles. The molecular weight excluding hydrogens is 180 g/mol. The van der Waals surface area contributed by atoms with Gasteiger partial charge in [0.2, 0.25) is 0 Å². The number of benzene rings is 1. The highest BCUT2D eigenvalue weighted by Crippen LogP contribution is 2.37. The van der Waals surface area contributed by atoms with E-state index in [4.69, 9.17) is 9.84 Å². The van der Waals surface area contributed by atoms with Gasteiger partial charge < -0.3 is 9.84 Å². The van der Waals surface area contributed by atoms with Crippen LogP contribution in [-0.4, -0.2) is 29.2 Å². The summed E-state index contributed by atoms with van der Waals surface area (Å²) in [5.41, 5.74) is -0.0258. The summed E-state index contributed by atoms with van der Waals surface area (Å²) in [5, 5.41) is 8.95. The van der Waals surface area contributed by atoms with Gasteiger partial charge in [-0.05, 0) is 6.92 Å². The van der Waals surface area contributed by atoms with Gasteiger partial charge in [0, 0.05) is 5.56 Å². The van der Waals surface area contributed by atoms with Crippen molar-refractivity contribution in [3.05, 3.63) is 35.9 Å². The summed E-state index contributed by atoms with van der Waals surface area (Å²) in [7, 11) is 0. The topological polar surface area (TPSA) is 49.8 Å². The lowest BCUT2D eigenvalue weighted by molar-refractivity contribution is 0.0953. The zero-order valence-corrected chi connectivity index (χ0v) is 7.93. The first-order valence-electron chi connectivity index (χ1n) is 4.55. The van der Waals surface area contributed by atoms with Crippen LogP contribution >= 0.6 is 0 Å². The number of ketones is 1. The Morgan fingerprint density at radius 2 is 2.14 bits per heavy atom. The van der Waals surface area contributed by atoms with Crippen LogP contribution in [0.15, 0.2) is 30.3 Å². The molecule has 1 saturated heterocycles. The van der Waals surface area contributed by atoms with Crippen LogP contribution in [-0.2, 0) is 4.74 Å². The molecule has 0 aliphatic carbocycles. The number of carbonyl (C=O) groups excluding carboxylic acids is 1. The second-order valence-corrected chi connectivity index (χ2v) is 3.70. The van der Waals surface area contributed by atoms with Crippen LogP contribution in [0.2, 0.25) is 0 Å². The van der Waals surface area contributed by atoms with Gasteiger partial charge in [-0.15, -0.1) is 0 Å². The van der Waals surface area contributed by atoms with Gasteiger partial charge in [0.1, 0.15) is 5.60 Å². The highest BCUT2D eigenvalue weighted by Gasteiger charge is 2.56. The molecule has 0 bridgehead atoms. The van der Waals surface area contributed by atoms with Crippen molar-refractivity contribution in [3.8, 4) is 0 Å². The average molecular weight is 192 g/mol. The minimum Gasteiger partial charge on any atom is -0.393 e. The van der Waals surface area contributed by atoms with E-state index in [2.05, 4.69) is 0 Å². The van der Waals surface area contributed by atoms with E-state index in [1.54, 1.807) is 19.1 Å². The van der Waals surface area contributed by atoms with E-state index < -0.39 is 11.7 Å². The third-order valence-corrected chi connectivity index (χ3v) is 2.49. The first kappa shape index (κ1) is 9.37. The van der Waals surface area contributed by atoms with Crippen LogP contribution in [0.4, 0.5) is 0 Å². The van der Waals surface area contributed by atoms with Gasteiger partial charge in [-0.25, -0.2) is 0 Å². The van der Waals surface area contributed by atoms with E-state index in [1.165, 1.54) is 0 Å². The maximum atomic E-state index is 11.7. The molecule has 0 spiro atoms. The van der Waals surface area contributed by atoms with Crippen LogP contribution in [0.25, 0.3) is 0 Å². The van der Waals surface area contributed by atoms with Gasteiger partial charge in [0.05, 0.1) is 6.61 Å². The molecule has 1 heterocycles. The summed E-state index contributed by atoms with van der Waals surface area (Å²) in [6.07, 6.45) is -0.477. The predicted molar refractivity (Wildman–Crippen MR) is 51.1 cm³/mol. The van der Waals surface area contributed by atoms with E-state index >= 15 is 0 Å². The number of Topliss-reactive ketones (excluding diaryl/α,β-unsaturated/α-hetero) is 1. The lowest BCUT2D eigenvalue weighted by atomic mass is 10.0. The van der Waals surface area contributed by atoms with E-state index in [0.717, 1.165) is 0 Å². The van der Waals surface area contributed by atoms with Crippen molar-refractivity contribution in [1.29, 1.82) is 0 Å². The summed E-state index contributed by atoms with van der Waals surface area (Å²) in [6, 6.07) is 8.98. The Labute approximate surface area is 82.3 Å². The predicted octanol–water partition coefficient (Wildman–Crippen LogP) is 1.02. The number of hydrogen-bond acceptors (Lipinski definition) is 3. The quantitative estimate of drug-likeness (QED) is 0.574. The lowest BCUT2D eigenvalue weighted by Gasteiger charge is -1.99. The molecule has 74 valence electrons. The minimum absolute atomic E-state index is 0.0536. The smallest absolute Gasteiger partial charge is 0.194 e. The number of aliphatic hydroxyl groups excluding tert-OH is 1. The first-order valence-corrected chi connectivity index (χ1v) is 4.55. The second kappa shape index (κ2) is 3.19. The van der Waals surface area contributed by atoms with Gasteiger partial charge in [0.15, 0.2) is 11.9 Å². The zero-order valence-electron chi connectivity index (χ0n) is 7.93. The first-order chi connectivity index (χ1) is 6.67. The summed E-state index contributed by atoms with van der Waals surface area (Å²) in [5.74, 6) is -0.0536. The van der Waals surface area contributed by atoms with Crippen molar-refractivity contribution >= 4 is 5.78 Å². The van der Waals surface area contributed by atoms with Gasteiger partial charge in [-0.2, -0.15) is 0 Å². The lowest BCUT2D eigenvalue weighted by Crippen LogP contribution is -2.21. The molecule has 1 fully saturated rings. The standard InChI is InChI=1S/C11H12O3/c1-11(7-12)10(14-11)9(13)8-5-3-2-4-6-8/h2-6,10,12H,7H2,1H3. The van der Waals surface area contributed by atoms with E-state index in [0.29, 0.717) is 5.56 Å². The van der Waals surface area contributed by atoms with Crippen LogP contribution in [0.1, 0.15) is 17.3 Å². The van der Waals surface area contributed by atoms with E-state index in [-0.39, 0.29) is 12.4 Å². The summed E-state index contributed by atoms with van der Waals surface area (Å²) in [6.45, 7) is 1.62. The number of ether oxygens (including phenoxy) is 1. The molecule has 1 aromatic rings. The molecule has 2 rings (SSSR count). The van der Waals surface area contributed by atoms with Crippen LogP contribution < -0.4 is 0 Å². The Hall–Kier alpha value is -1.19. The molecular formula is C11H12O3. The van der Waals surface area contributed by atoms with Crippen molar-refractivity contribution in [3.63, 3.8) is 0 Å². The molecule has 1 aliphatic heterocycles. The second-order valence-electron chi connectivity index (χ2n) is 3.70. The fourth-order valence-corrected chi connectivity index (χ4v) is 1.44. The van der Waals surface area contributed by atoms with Gasteiger partial charge >= 0.3 is 0 Å². The van der Waals surface area contributed by atoms with E-state index in [1.807, 2.05) is 18.2 Å². The van der Waals surface area contributed by atoms with Crippen molar-refractivity contribution in [2.45, 2.75) is 18.6 Å². The molecule has 0 amide bonds. The molecule has 2 unspecified atom stereocenters. The Morgan fingerprint density at radius 3 is 2.64 bits per heavy atom. The van der Waals surface area contributed by atoms with Crippen molar-refractivity contribution in [2.24, 2.45) is 0 Å². The molecule has 0 radical (unpaired) electrons. The Kier molecular flexibility index (Phi) is 2.13. The molecule has 3 heteroatoms. The Balaban J connectivity index is 2.13. The fourth-order valence-electron chi connectivity index (χ4n) is 1.44. The zero-order chi connectivity index (χ0) is 10.2. The maximum Gasteiger partial charge on any atom is 0.194 e. The monoisotopic (exact) mass is 192 g/mol. The summed E-state index contributed by atoms with van der Waals surface area (Å²) >= 11 is 0.